The molecule has 0 aliphatic heterocycles. The van der Waals surface area contributed by atoms with Gasteiger partial charge in [0.25, 0.3) is 0 Å². The third kappa shape index (κ3) is 5.27. The number of benzene rings is 3. The monoisotopic (exact) mass is 506 g/mol. The molecule has 38 heavy (non-hydrogen) atoms. The molecule has 0 amide bonds. The fourth-order valence-electron chi connectivity index (χ4n) is 5.40. The molecule has 2 heterocycles. The van der Waals surface area contributed by atoms with Crippen molar-refractivity contribution < 1.29 is 0 Å². The minimum absolute atomic E-state index is 0.00285. The standard InChI is InChI=1S/C34H42N4/c1-6-8-14-20-37-30-18-12-10-16-28(30)35-32(37)25-22-26(24-27(23-25)34(3,4)5)33-36-29-17-11-13-19-31(29)38(33)21-15-9-7-2/h10-13,16-19,22-24H,6-9,14-15,20-21H2,1-5H3. The molecule has 0 saturated carbocycles. The fourth-order valence-corrected chi connectivity index (χ4v) is 5.40. The molecular formula is C34H42N4. The average molecular weight is 507 g/mol. The first-order chi connectivity index (χ1) is 18.4. The molecule has 0 aliphatic rings. The molecule has 4 heteroatoms. The minimum Gasteiger partial charge on any atom is -0.324 e. The lowest BCUT2D eigenvalue weighted by Gasteiger charge is -2.22. The topological polar surface area (TPSA) is 35.6 Å². The van der Waals surface area contributed by atoms with Crippen LogP contribution >= 0.6 is 0 Å². The fraction of sp³-hybridized carbons (Fsp3) is 0.412. The van der Waals surface area contributed by atoms with Crippen LogP contribution in [-0.4, -0.2) is 19.1 Å². The van der Waals surface area contributed by atoms with Gasteiger partial charge in [0.2, 0.25) is 0 Å². The number of imidazole rings is 2. The Kier molecular flexibility index (Phi) is 7.69. The number of rotatable bonds is 10. The van der Waals surface area contributed by atoms with Crippen LogP contribution in [-0.2, 0) is 18.5 Å². The molecule has 0 aliphatic carbocycles. The van der Waals surface area contributed by atoms with Gasteiger partial charge in [-0.2, -0.15) is 0 Å². The maximum Gasteiger partial charge on any atom is 0.141 e. The van der Waals surface area contributed by atoms with Gasteiger partial charge in [-0.05, 0) is 66.3 Å². The van der Waals surface area contributed by atoms with Crippen LogP contribution in [0.4, 0.5) is 0 Å². The second-order valence-corrected chi connectivity index (χ2v) is 11.6. The Hall–Kier alpha value is -3.40. The van der Waals surface area contributed by atoms with Gasteiger partial charge in [-0.15, -0.1) is 0 Å². The molecule has 4 nitrogen and oxygen atoms in total. The van der Waals surface area contributed by atoms with Gasteiger partial charge in [0.1, 0.15) is 11.6 Å². The van der Waals surface area contributed by atoms with E-state index in [4.69, 9.17) is 9.97 Å². The summed E-state index contributed by atoms with van der Waals surface area (Å²) in [7, 11) is 0. The summed E-state index contributed by atoms with van der Waals surface area (Å²) in [6.07, 6.45) is 7.17. The first-order valence-electron chi connectivity index (χ1n) is 14.5. The number of hydrogen-bond donors (Lipinski definition) is 0. The zero-order valence-electron chi connectivity index (χ0n) is 23.8. The van der Waals surface area contributed by atoms with Crippen molar-refractivity contribution in [1.29, 1.82) is 0 Å². The van der Waals surface area contributed by atoms with Crippen molar-refractivity contribution in [2.24, 2.45) is 0 Å². The van der Waals surface area contributed by atoms with Gasteiger partial charge in [-0.25, -0.2) is 9.97 Å². The molecule has 3 aromatic carbocycles. The van der Waals surface area contributed by atoms with E-state index in [1.807, 2.05) is 0 Å². The minimum atomic E-state index is 0.00285. The second-order valence-electron chi connectivity index (χ2n) is 11.6. The highest BCUT2D eigenvalue weighted by molar-refractivity contribution is 5.84. The molecule has 0 unspecified atom stereocenters. The van der Waals surface area contributed by atoms with Gasteiger partial charge < -0.3 is 9.13 Å². The van der Waals surface area contributed by atoms with Crippen molar-refractivity contribution in [2.75, 3.05) is 0 Å². The highest BCUT2D eigenvalue weighted by Crippen LogP contribution is 2.35. The zero-order chi connectivity index (χ0) is 26.7. The molecule has 0 fully saturated rings. The lowest BCUT2D eigenvalue weighted by molar-refractivity contribution is 0.589. The van der Waals surface area contributed by atoms with Crippen LogP contribution in [0.2, 0.25) is 0 Å². The number of nitrogens with zero attached hydrogens (tertiary/aromatic N) is 4. The second kappa shape index (κ2) is 11.1. The Labute approximate surface area is 227 Å². The molecule has 5 aromatic rings. The zero-order valence-corrected chi connectivity index (χ0v) is 23.8. The summed E-state index contributed by atoms with van der Waals surface area (Å²) in [6.45, 7) is 13.4. The first kappa shape index (κ1) is 26.2. The highest BCUT2D eigenvalue weighted by atomic mass is 15.1. The Morgan fingerprint density at radius 2 is 1.05 bits per heavy atom. The summed E-state index contributed by atoms with van der Waals surface area (Å²) in [5.41, 5.74) is 8.22. The van der Waals surface area contributed by atoms with Crippen molar-refractivity contribution in [3.8, 4) is 22.8 Å². The third-order valence-corrected chi connectivity index (χ3v) is 7.60. The summed E-state index contributed by atoms with van der Waals surface area (Å²) in [4.78, 5) is 10.4. The highest BCUT2D eigenvalue weighted by Gasteiger charge is 2.21. The predicted molar refractivity (Wildman–Crippen MR) is 162 cm³/mol. The van der Waals surface area contributed by atoms with E-state index < -0.39 is 0 Å². The molecule has 5 rings (SSSR count). The number of fused-ring (bicyclic) bond motifs is 2. The van der Waals surface area contributed by atoms with Gasteiger partial charge in [-0.1, -0.05) is 84.6 Å². The summed E-state index contributed by atoms with van der Waals surface area (Å²) in [6, 6.07) is 24.1. The van der Waals surface area contributed by atoms with Crippen LogP contribution in [0.5, 0.6) is 0 Å². The van der Waals surface area contributed by atoms with E-state index in [2.05, 4.69) is 110 Å². The van der Waals surface area contributed by atoms with Crippen molar-refractivity contribution in [2.45, 2.75) is 91.6 Å². The van der Waals surface area contributed by atoms with Crippen LogP contribution in [0.1, 0.15) is 78.7 Å². The Bertz CT molecular complexity index is 1420. The lowest BCUT2D eigenvalue weighted by Crippen LogP contribution is -2.12. The number of para-hydroxylation sites is 4. The van der Waals surface area contributed by atoms with Gasteiger partial charge in [-0.3, -0.25) is 0 Å². The molecule has 0 saturated heterocycles. The summed E-state index contributed by atoms with van der Waals surface area (Å²) in [5, 5.41) is 0. The molecule has 0 spiro atoms. The molecule has 0 bridgehead atoms. The smallest absolute Gasteiger partial charge is 0.141 e. The van der Waals surface area contributed by atoms with E-state index in [9.17, 15) is 0 Å². The predicted octanol–water partition coefficient (Wildman–Crippen LogP) is 9.40. The van der Waals surface area contributed by atoms with Crippen molar-refractivity contribution in [1.82, 2.24) is 19.1 Å². The SMILES string of the molecule is CCCCCn1c(-c2cc(-c3nc4ccccc4n3CCCCC)cc(C(C)(C)C)c2)nc2ccccc21. The van der Waals surface area contributed by atoms with E-state index in [1.165, 1.54) is 53.4 Å². The molecule has 0 atom stereocenters. The molecule has 0 N–H and O–H groups in total. The van der Waals surface area contributed by atoms with E-state index in [-0.39, 0.29) is 5.41 Å². The third-order valence-electron chi connectivity index (χ3n) is 7.60. The summed E-state index contributed by atoms with van der Waals surface area (Å²) < 4.78 is 4.86. The molecular weight excluding hydrogens is 464 g/mol. The quantitative estimate of drug-likeness (QED) is 0.177. The van der Waals surface area contributed by atoms with Gasteiger partial charge in [0, 0.05) is 24.2 Å². The van der Waals surface area contributed by atoms with Crippen LogP contribution in [0.3, 0.4) is 0 Å². The number of aromatic nitrogens is 4. The van der Waals surface area contributed by atoms with Crippen LogP contribution in [0.25, 0.3) is 44.8 Å². The normalized spacial score (nSPS) is 12.1. The van der Waals surface area contributed by atoms with Crippen molar-refractivity contribution in [3.05, 3.63) is 72.3 Å². The maximum absolute atomic E-state index is 5.18. The van der Waals surface area contributed by atoms with Crippen LogP contribution in [0.15, 0.2) is 66.7 Å². The van der Waals surface area contributed by atoms with E-state index >= 15 is 0 Å². The molecule has 198 valence electrons. The lowest BCUT2D eigenvalue weighted by atomic mass is 9.84. The summed E-state index contributed by atoms with van der Waals surface area (Å²) >= 11 is 0. The van der Waals surface area contributed by atoms with E-state index in [0.717, 1.165) is 48.6 Å². The van der Waals surface area contributed by atoms with Crippen LogP contribution < -0.4 is 0 Å². The summed E-state index contributed by atoms with van der Waals surface area (Å²) in [5.74, 6) is 2.12. The Balaban J connectivity index is 1.71. The van der Waals surface area contributed by atoms with E-state index in [1.54, 1.807) is 0 Å². The van der Waals surface area contributed by atoms with E-state index in [0.29, 0.717) is 0 Å². The van der Waals surface area contributed by atoms with Crippen molar-refractivity contribution in [3.63, 3.8) is 0 Å². The number of aryl methyl sites for hydroxylation is 2. The maximum atomic E-state index is 5.18. The Morgan fingerprint density at radius 3 is 1.47 bits per heavy atom. The average Bonchev–Trinajstić information content (AvgIpc) is 3.47. The van der Waals surface area contributed by atoms with Gasteiger partial charge in [0.15, 0.2) is 0 Å². The van der Waals surface area contributed by atoms with Gasteiger partial charge in [0.05, 0.1) is 22.1 Å². The van der Waals surface area contributed by atoms with Crippen molar-refractivity contribution >= 4 is 22.1 Å². The van der Waals surface area contributed by atoms with Gasteiger partial charge >= 0.3 is 0 Å². The molecule has 0 radical (unpaired) electrons. The van der Waals surface area contributed by atoms with Crippen LogP contribution in [0, 0.1) is 0 Å². The largest absolute Gasteiger partial charge is 0.324 e. The number of unbranched alkanes of at least 4 members (excludes halogenated alkanes) is 4. The molecule has 2 aromatic heterocycles. The number of hydrogen-bond acceptors (Lipinski definition) is 2. The first-order valence-corrected chi connectivity index (χ1v) is 14.5. The Morgan fingerprint density at radius 1 is 0.605 bits per heavy atom.